The van der Waals surface area contributed by atoms with Crippen molar-refractivity contribution in [3.8, 4) is 11.4 Å². The van der Waals surface area contributed by atoms with Crippen molar-refractivity contribution in [2.24, 2.45) is 0 Å². The maximum atomic E-state index is 12.0. The molecule has 0 radical (unpaired) electrons. The number of aryl methyl sites for hydroxylation is 1. The highest BCUT2D eigenvalue weighted by molar-refractivity contribution is 7.99. The second-order valence-electron chi connectivity index (χ2n) is 5.91. The van der Waals surface area contributed by atoms with Gasteiger partial charge in [-0.3, -0.25) is 14.2 Å². The molecule has 28 heavy (non-hydrogen) atoms. The van der Waals surface area contributed by atoms with E-state index >= 15 is 0 Å². The van der Waals surface area contributed by atoms with E-state index < -0.39 is 5.97 Å². The highest BCUT2D eigenvalue weighted by atomic mass is 32.2. The summed E-state index contributed by atoms with van der Waals surface area (Å²) >= 11 is 1.25. The quantitative estimate of drug-likeness (QED) is 0.457. The Labute approximate surface area is 166 Å². The summed E-state index contributed by atoms with van der Waals surface area (Å²) in [6.07, 6.45) is 1.61. The highest BCUT2D eigenvalue weighted by Crippen LogP contribution is 2.27. The highest BCUT2D eigenvalue weighted by Gasteiger charge is 2.18. The maximum Gasteiger partial charge on any atom is 0.325 e. The first-order valence-corrected chi connectivity index (χ1v) is 9.55. The van der Waals surface area contributed by atoms with E-state index in [1.807, 2.05) is 47.9 Å². The summed E-state index contributed by atoms with van der Waals surface area (Å²) in [5.74, 6) is 0.740. The first-order chi connectivity index (χ1) is 13.6. The number of methoxy groups -OCH3 is 1. The predicted molar refractivity (Wildman–Crippen MR) is 104 cm³/mol. The maximum absolute atomic E-state index is 12.0. The number of thioether (sulfide) groups is 1. The molecule has 1 N–H and O–H groups in total. The lowest BCUT2D eigenvalue weighted by atomic mass is 10.2. The van der Waals surface area contributed by atoms with Crippen molar-refractivity contribution in [2.45, 2.75) is 18.6 Å². The minimum Gasteiger partial charge on any atom is -0.469 e. The summed E-state index contributed by atoms with van der Waals surface area (Å²) in [5.41, 5.74) is 1.94. The van der Waals surface area contributed by atoms with E-state index in [9.17, 15) is 9.59 Å². The number of carbonyl (C=O) groups is 2. The summed E-state index contributed by atoms with van der Waals surface area (Å²) in [7, 11) is 1.27. The van der Waals surface area contributed by atoms with Crippen molar-refractivity contribution in [1.82, 2.24) is 20.1 Å². The molecule has 8 nitrogen and oxygen atoms in total. The molecule has 0 aliphatic carbocycles. The number of amides is 1. The number of esters is 1. The Hall–Kier alpha value is -3.07. The fourth-order valence-corrected chi connectivity index (χ4v) is 3.31. The van der Waals surface area contributed by atoms with E-state index in [1.165, 1.54) is 18.9 Å². The third-order valence-electron chi connectivity index (χ3n) is 3.99. The van der Waals surface area contributed by atoms with Crippen LogP contribution in [0.5, 0.6) is 0 Å². The van der Waals surface area contributed by atoms with Gasteiger partial charge in [0, 0.05) is 0 Å². The lowest BCUT2D eigenvalue weighted by Gasteiger charge is -2.10. The number of aromatic nitrogens is 3. The predicted octanol–water partition coefficient (Wildman–Crippen LogP) is 2.28. The molecule has 0 saturated heterocycles. The van der Waals surface area contributed by atoms with Crippen LogP contribution in [-0.2, 0) is 20.9 Å². The van der Waals surface area contributed by atoms with Crippen LogP contribution >= 0.6 is 11.8 Å². The summed E-state index contributed by atoms with van der Waals surface area (Å²) in [5, 5.41) is 11.7. The number of nitrogens with one attached hydrogen (secondary N) is 1. The molecule has 0 saturated carbocycles. The second kappa shape index (κ2) is 9.23. The summed E-state index contributed by atoms with van der Waals surface area (Å²) in [6.45, 7) is 2.26. The van der Waals surface area contributed by atoms with Crippen LogP contribution in [0.2, 0.25) is 0 Å². The molecule has 146 valence electrons. The minimum absolute atomic E-state index is 0.105. The molecule has 2 heterocycles. The zero-order chi connectivity index (χ0) is 19.9. The Morgan fingerprint density at radius 1 is 1.21 bits per heavy atom. The monoisotopic (exact) mass is 400 g/mol. The van der Waals surface area contributed by atoms with Gasteiger partial charge in [0.1, 0.15) is 12.3 Å². The van der Waals surface area contributed by atoms with Crippen molar-refractivity contribution >= 4 is 23.6 Å². The first kappa shape index (κ1) is 19.7. The number of hydrogen-bond acceptors (Lipinski definition) is 7. The molecule has 0 aliphatic heterocycles. The molecule has 0 aliphatic rings. The Morgan fingerprint density at radius 3 is 2.68 bits per heavy atom. The van der Waals surface area contributed by atoms with E-state index in [-0.39, 0.29) is 18.2 Å². The van der Waals surface area contributed by atoms with Gasteiger partial charge in [-0.15, -0.1) is 10.2 Å². The van der Waals surface area contributed by atoms with Gasteiger partial charge in [-0.1, -0.05) is 42.1 Å². The fraction of sp³-hybridized carbons (Fsp3) is 0.263. The van der Waals surface area contributed by atoms with Gasteiger partial charge in [0.2, 0.25) is 5.91 Å². The van der Waals surface area contributed by atoms with Crippen molar-refractivity contribution in [3.05, 3.63) is 54.0 Å². The lowest BCUT2D eigenvalue weighted by Crippen LogP contribution is -2.31. The summed E-state index contributed by atoms with van der Waals surface area (Å²) in [4.78, 5) is 23.1. The van der Waals surface area contributed by atoms with Crippen LogP contribution in [-0.4, -0.2) is 46.0 Å². The Kier molecular flexibility index (Phi) is 6.49. The molecular formula is C19H20N4O4S. The SMILES string of the molecule is COC(=O)CNC(=O)CSc1nnc(-c2ccoc2C)n1Cc1ccccc1. The number of furan rings is 1. The largest absolute Gasteiger partial charge is 0.469 e. The number of hydrogen-bond donors (Lipinski definition) is 1. The van der Waals surface area contributed by atoms with Crippen molar-refractivity contribution in [3.63, 3.8) is 0 Å². The fourth-order valence-electron chi connectivity index (χ4n) is 2.54. The van der Waals surface area contributed by atoms with Gasteiger partial charge in [-0.05, 0) is 18.6 Å². The Bertz CT molecular complexity index is 952. The standard InChI is InChI=1S/C19H20N4O4S/c1-13-15(8-9-27-13)18-21-22-19(23(18)11-14-6-4-3-5-7-14)28-12-16(24)20-10-17(25)26-2/h3-9H,10-12H2,1-2H3,(H,20,24). The van der Waals surface area contributed by atoms with Gasteiger partial charge in [-0.25, -0.2) is 0 Å². The summed E-state index contributed by atoms with van der Waals surface area (Å²) < 4.78 is 11.9. The third-order valence-corrected chi connectivity index (χ3v) is 4.96. The number of rotatable bonds is 8. The number of benzene rings is 1. The van der Waals surface area contributed by atoms with Gasteiger partial charge < -0.3 is 14.5 Å². The van der Waals surface area contributed by atoms with Crippen LogP contribution in [0.25, 0.3) is 11.4 Å². The normalized spacial score (nSPS) is 10.6. The first-order valence-electron chi connectivity index (χ1n) is 8.56. The van der Waals surface area contributed by atoms with Gasteiger partial charge in [0.25, 0.3) is 0 Å². The van der Waals surface area contributed by atoms with Gasteiger partial charge in [0.15, 0.2) is 11.0 Å². The molecule has 1 amide bonds. The molecular weight excluding hydrogens is 380 g/mol. The molecule has 1 aromatic carbocycles. The number of ether oxygens (including phenoxy) is 1. The van der Waals surface area contributed by atoms with Crippen LogP contribution in [0.1, 0.15) is 11.3 Å². The van der Waals surface area contributed by atoms with Crippen LogP contribution in [0.4, 0.5) is 0 Å². The van der Waals surface area contributed by atoms with E-state index in [1.54, 1.807) is 6.26 Å². The molecule has 0 bridgehead atoms. The van der Waals surface area contributed by atoms with E-state index in [4.69, 9.17) is 4.42 Å². The smallest absolute Gasteiger partial charge is 0.325 e. The average molecular weight is 400 g/mol. The van der Waals surface area contributed by atoms with Crippen LogP contribution in [0.3, 0.4) is 0 Å². The van der Waals surface area contributed by atoms with Gasteiger partial charge in [0.05, 0.1) is 31.2 Å². The van der Waals surface area contributed by atoms with E-state index in [2.05, 4.69) is 20.3 Å². The van der Waals surface area contributed by atoms with E-state index in [0.29, 0.717) is 17.5 Å². The minimum atomic E-state index is -0.497. The van der Waals surface area contributed by atoms with Gasteiger partial charge >= 0.3 is 5.97 Å². The Morgan fingerprint density at radius 2 is 2.00 bits per heavy atom. The van der Waals surface area contributed by atoms with Crippen LogP contribution in [0, 0.1) is 6.92 Å². The van der Waals surface area contributed by atoms with Gasteiger partial charge in [-0.2, -0.15) is 0 Å². The molecule has 3 rings (SSSR count). The second-order valence-corrected chi connectivity index (χ2v) is 6.85. The number of carbonyl (C=O) groups excluding carboxylic acids is 2. The van der Waals surface area contributed by atoms with Crippen molar-refractivity contribution < 1.29 is 18.7 Å². The average Bonchev–Trinajstić information content (AvgIpc) is 3.30. The molecule has 2 aromatic heterocycles. The lowest BCUT2D eigenvalue weighted by molar-refractivity contribution is -0.140. The van der Waals surface area contributed by atoms with E-state index in [0.717, 1.165) is 16.9 Å². The molecule has 3 aromatic rings. The third kappa shape index (κ3) is 4.80. The molecule has 0 fully saturated rings. The molecule has 0 unspecified atom stereocenters. The van der Waals surface area contributed by atoms with Crippen LogP contribution in [0.15, 0.2) is 52.2 Å². The van der Waals surface area contributed by atoms with Crippen LogP contribution < -0.4 is 5.32 Å². The molecule has 0 atom stereocenters. The zero-order valence-electron chi connectivity index (χ0n) is 15.5. The van der Waals surface area contributed by atoms with Crippen molar-refractivity contribution in [2.75, 3.05) is 19.4 Å². The van der Waals surface area contributed by atoms with Crippen molar-refractivity contribution in [1.29, 1.82) is 0 Å². The molecule has 9 heteroatoms. The topological polar surface area (TPSA) is 99.2 Å². The molecule has 0 spiro atoms. The zero-order valence-corrected chi connectivity index (χ0v) is 16.4. The Balaban J connectivity index is 1.79. The number of nitrogens with zero attached hydrogens (tertiary/aromatic N) is 3. The summed E-state index contributed by atoms with van der Waals surface area (Å²) in [6, 6.07) is 11.8.